The smallest absolute Gasteiger partial charge is 0.183 e. The third-order valence-electron chi connectivity index (χ3n) is 8.40. The Bertz CT molecular complexity index is 1290. The summed E-state index contributed by atoms with van der Waals surface area (Å²) in [4.78, 5) is 29.7. The zero-order valence-corrected chi connectivity index (χ0v) is 24.5. The predicted octanol–water partition coefficient (Wildman–Crippen LogP) is 7.12. The van der Waals surface area contributed by atoms with E-state index in [1.165, 1.54) is 6.08 Å². The first kappa shape index (κ1) is 29.2. The highest BCUT2D eigenvalue weighted by atomic mass is 16.5. The first-order valence-electron chi connectivity index (χ1n) is 14.1. The first-order chi connectivity index (χ1) is 19.1. The maximum Gasteiger partial charge on any atom is 0.183 e. The summed E-state index contributed by atoms with van der Waals surface area (Å²) in [6, 6.07) is 15.9. The fourth-order valence-electron chi connectivity index (χ4n) is 5.48. The monoisotopic (exact) mass is 542 g/mol. The molecule has 2 aliphatic rings. The van der Waals surface area contributed by atoms with Crippen LogP contribution in [0.25, 0.3) is 0 Å². The van der Waals surface area contributed by atoms with Crippen molar-refractivity contribution in [3.05, 3.63) is 84.7 Å². The number of hydrogen-bond donors (Lipinski definition) is 0. The molecule has 0 spiro atoms. The number of carbonyl (C=O) groups excluding carboxylic acids is 2. The molecule has 2 heterocycles. The highest BCUT2D eigenvalue weighted by Crippen LogP contribution is 2.41. The van der Waals surface area contributed by atoms with Crippen LogP contribution in [-0.4, -0.2) is 38.4 Å². The molecule has 0 N–H and O–H groups in total. The average Bonchev–Trinajstić information content (AvgIpc) is 2.97. The summed E-state index contributed by atoms with van der Waals surface area (Å²) >= 11 is 0. The van der Waals surface area contributed by atoms with E-state index in [4.69, 9.17) is 9.47 Å². The highest BCUT2D eigenvalue weighted by Gasteiger charge is 2.36. The van der Waals surface area contributed by atoms with Crippen LogP contribution in [0.2, 0.25) is 0 Å². The lowest BCUT2D eigenvalue weighted by Gasteiger charge is -2.39. The lowest BCUT2D eigenvalue weighted by Crippen LogP contribution is -2.37. The molecule has 0 aromatic heterocycles. The molecule has 0 fully saturated rings. The van der Waals surface area contributed by atoms with Crippen LogP contribution in [0.15, 0.2) is 84.7 Å². The summed E-state index contributed by atoms with van der Waals surface area (Å²) in [5.41, 5.74) is 3.29. The molecule has 2 aromatic rings. The first-order valence-corrected chi connectivity index (χ1v) is 14.1. The van der Waals surface area contributed by atoms with Crippen LogP contribution in [0.3, 0.4) is 0 Å². The van der Waals surface area contributed by atoms with Crippen LogP contribution in [0.5, 0.6) is 11.5 Å². The van der Waals surface area contributed by atoms with Gasteiger partial charge in [0.05, 0.1) is 13.7 Å². The van der Waals surface area contributed by atoms with E-state index in [2.05, 4.69) is 37.1 Å². The van der Waals surface area contributed by atoms with E-state index in [0.29, 0.717) is 13.0 Å². The second kappa shape index (κ2) is 12.2. The maximum absolute atomic E-state index is 13.0. The summed E-state index contributed by atoms with van der Waals surface area (Å²) in [5.74, 6) is 1.76. The van der Waals surface area contributed by atoms with E-state index in [0.717, 1.165) is 66.4 Å². The molecule has 0 aliphatic carbocycles. The number of carbonyl (C=O) groups is 2. The van der Waals surface area contributed by atoms with Crippen LogP contribution < -0.4 is 19.3 Å². The molecule has 1 atom stereocenters. The average molecular weight is 543 g/mol. The molecule has 212 valence electrons. The number of nitrogens with zero attached hydrogens (tertiary/aromatic N) is 2. The van der Waals surface area contributed by atoms with Gasteiger partial charge >= 0.3 is 0 Å². The summed E-state index contributed by atoms with van der Waals surface area (Å²) in [6.07, 6.45) is 8.36. The third kappa shape index (κ3) is 6.33. The molecule has 0 amide bonds. The number of ketones is 2. The summed E-state index contributed by atoms with van der Waals surface area (Å²) in [6.45, 7) is 14.2. The van der Waals surface area contributed by atoms with Gasteiger partial charge < -0.3 is 19.3 Å². The van der Waals surface area contributed by atoms with Gasteiger partial charge in [0.25, 0.3) is 0 Å². The minimum absolute atomic E-state index is 0.0204. The molecule has 40 heavy (non-hydrogen) atoms. The van der Waals surface area contributed by atoms with Gasteiger partial charge in [0, 0.05) is 59.8 Å². The zero-order valence-electron chi connectivity index (χ0n) is 24.5. The van der Waals surface area contributed by atoms with Gasteiger partial charge in [0.1, 0.15) is 11.5 Å². The number of ether oxygens (including phenoxy) is 2. The predicted molar refractivity (Wildman–Crippen MR) is 162 cm³/mol. The standard InChI is InChI=1S/C34H42N2O4/c1-7-31(37)29-23-35(20-17-33(29,3)4)26-11-15-28(16-12-26)40-22-19-34(5)18-21-36(24-30(34)32(38)8-2)25-9-13-27(39-6)14-10-25/h7,9-16,23-24H,1,8,17-22H2,2-6H3. The summed E-state index contributed by atoms with van der Waals surface area (Å²) in [7, 11) is 1.66. The van der Waals surface area contributed by atoms with Gasteiger partial charge in [0.15, 0.2) is 11.6 Å². The Hall–Kier alpha value is -3.80. The third-order valence-corrected chi connectivity index (χ3v) is 8.40. The van der Waals surface area contributed by atoms with Crippen molar-refractivity contribution >= 4 is 22.9 Å². The number of Topliss-reactive ketones (excluding diaryl/α,β-unsaturated/α-hetero) is 1. The van der Waals surface area contributed by atoms with Crippen LogP contribution in [0, 0.1) is 10.8 Å². The van der Waals surface area contributed by atoms with E-state index in [1.807, 2.05) is 67.9 Å². The van der Waals surface area contributed by atoms with E-state index >= 15 is 0 Å². The van der Waals surface area contributed by atoms with Gasteiger partial charge in [-0.25, -0.2) is 0 Å². The van der Waals surface area contributed by atoms with Crippen LogP contribution in [0.4, 0.5) is 11.4 Å². The zero-order chi connectivity index (χ0) is 28.9. The van der Waals surface area contributed by atoms with Gasteiger partial charge in [-0.1, -0.05) is 34.3 Å². The van der Waals surface area contributed by atoms with E-state index in [1.54, 1.807) is 7.11 Å². The van der Waals surface area contributed by atoms with Gasteiger partial charge in [-0.2, -0.15) is 0 Å². The normalized spacial score (nSPS) is 20.3. The molecule has 4 rings (SSSR count). The lowest BCUT2D eigenvalue weighted by atomic mass is 9.73. The largest absolute Gasteiger partial charge is 0.497 e. The van der Waals surface area contributed by atoms with E-state index in [-0.39, 0.29) is 22.4 Å². The van der Waals surface area contributed by atoms with Crippen LogP contribution >= 0.6 is 0 Å². The Labute approximate surface area is 239 Å². The van der Waals surface area contributed by atoms with Crippen molar-refractivity contribution in [1.29, 1.82) is 0 Å². The minimum atomic E-state index is -0.254. The van der Waals surface area contributed by atoms with Crippen LogP contribution in [-0.2, 0) is 9.59 Å². The Morgan fingerprint density at radius 3 is 1.98 bits per heavy atom. The Morgan fingerprint density at radius 1 is 0.875 bits per heavy atom. The number of hydrogen-bond acceptors (Lipinski definition) is 6. The van der Waals surface area contributed by atoms with Crippen molar-refractivity contribution in [1.82, 2.24) is 0 Å². The second-order valence-corrected chi connectivity index (χ2v) is 11.6. The van der Waals surface area contributed by atoms with E-state index in [9.17, 15) is 9.59 Å². The molecule has 0 radical (unpaired) electrons. The molecule has 0 saturated heterocycles. The molecule has 1 unspecified atom stereocenters. The summed E-state index contributed by atoms with van der Waals surface area (Å²) in [5, 5.41) is 0. The molecular weight excluding hydrogens is 500 g/mol. The fraction of sp³-hybridized carbons (Fsp3) is 0.412. The van der Waals surface area contributed by atoms with Crippen molar-refractivity contribution in [3.63, 3.8) is 0 Å². The topological polar surface area (TPSA) is 59.1 Å². The number of allylic oxidation sites excluding steroid dienone is 3. The Kier molecular flexibility index (Phi) is 8.87. The van der Waals surface area contributed by atoms with Crippen LogP contribution in [0.1, 0.15) is 53.4 Å². The molecule has 6 nitrogen and oxygen atoms in total. The lowest BCUT2D eigenvalue weighted by molar-refractivity contribution is -0.116. The molecule has 2 aliphatic heterocycles. The fourth-order valence-corrected chi connectivity index (χ4v) is 5.48. The van der Waals surface area contributed by atoms with Gasteiger partial charge in [-0.15, -0.1) is 0 Å². The SMILES string of the molecule is C=CC(=O)C1=CN(c2ccc(OCCC3(C)CCN(c4ccc(OC)cc4)C=C3C(=O)CC)cc2)CCC1(C)C. The van der Waals surface area contributed by atoms with Crippen molar-refractivity contribution in [2.24, 2.45) is 10.8 Å². The number of rotatable bonds is 11. The van der Waals surface area contributed by atoms with Gasteiger partial charge in [-0.3, -0.25) is 9.59 Å². The molecule has 2 aromatic carbocycles. The Morgan fingerprint density at radius 2 is 1.43 bits per heavy atom. The molecule has 0 bridgehead atoms. The molecular formula is C34H42N2O4. The molecule has 0 saturated carbocycles. The van der Waals surface area contributed by atoms with Crippen molar-refractivity contribution in [2.45, 2.75) is 53.4 Å². The second-order valence-electron chi connectivity index (χ2n) is 11.6. The number of methoxy groups -OCH3 is 1. The molecule has 6 heteroatoms. The maximum atomic E-state index is 13.0. The van der Waals surface area contributed by atoms with Gasteiger partial charge in [0.2, 0.25) is 0 Å². The summed E-state index contributed by atoms with van der Waals surface area (Å²) < 4.78 is 11.4. The van der Waals surface area contributed by atoms with Crippen molar-refractivity contribution in [3.8, 4) is 11.5 Å². The number of benzene rings is 2. The number of anilines is 2. The minimum Gasteiger partial charge on any atom is -0.497 e. The van der Waals surface area contributed by atoms with Crippen molar-refractivity contribution in [2.75, 3.05) is 36.6 Å². The highest BCUT2D eigenvalue weighted by molar-refractivity contribution is 6.05. The Balaban J connectivity index is 1.42. The van der Waals surface area contributed by atoms with E-state index < -0.39 is 0 Å². The van der Waals surface area contributed by atoms with Crippen molar-refractivity contribution < 1.29 is 19.1 Å². The quantitative estimate of drug-likeness (QED) is 0.282. The van der Waals surface area contributed by atoms with Gasteiger partial charge in [-0.05, 0) is 79.3 Å².